The molecule has 0 spiro atoms. The summed E-state index contributed by atoms with van der Waals surface area (Å²) in [6.07, 6.45) is 5.17. The number of nitrogens with one attached hydrogen (secondary N) is 2. The van der Waals surface area contributed by atoms with Crippen molar-refractivity contribution in [3.63, 3.8) is 0 Å². The molecule has 0 amide bonds. The normalized spacial score (nSPS) is 17.1. The predicted octanol–water partition coefficient (Wildman–Crippen LogP) is 4.14. The Hall–Kier alpha value is -2.34. The second kappa shape index (κ2) is 11.2. The number of aromatic amines is 1. The van der Waals surface area contributed by atoms with Crippen LogP contribution in [0.15, 0.2) is 29.1 Å². The van der Waals surface area contributed by atoms with Gasteiger partial charge in [0, 0.05) is 30.9 Å². The number of piperidine rings is 1. The van der Waals surface area contributed by atoms with Crippen LogP contribution in [0.5, 0.6) is 5.75 Å². The van der Waals surface area contributed by atoms with E-state index >= 15 is 0 Å². The molecule has 2 N–H and O–H groups in total. The molecule has 2 heterocycles. The lowest BCUT2D eigenvalue weighted by atomic mass is 10.00. The monoisotopic (exact) mass is 412 g/mol. The lowest BCUT2D eigenvalue weighted by Gasteiger charge is -2.30. The van der Waals surface area contributed by atoms with E-state index in [0.29, 0.717) is 19.1 Å². The number of likely N-dealkylation sites (tertiary alicyclic amines) is 1. The minimum absolute atomic E-state index is 0.133. The molecule has 1 fully saturated rings. The Morgan fingerprint density at radius 1 is 1.37 bits per heavy atom. The summed E-state index contributed by atoms with van der Waals surface area (Å²) >= 11 is 0. The van der Waals surface area contributed by atoms with E-state index in [4.69, 9.17) is 4.74 Å². The molecule has 0 bridgehead atoms. The van der Waals surface area contributed by atoms with Crippen molar-refractivity contribution in [3.05, 3.63) is 51.4 Å². The van der Waals surface area contributed by atoms with Gasteiger partial charge in [0.15, 0.2) is 0 Å². The van der Waals surface area contributed by atoms with Gasteiger partial charge in [-0.15, -0.1) is 0 Å². The van der Waals surface area contributed by atoms with E-state index in [9.17, 15) is 4.79 Å². The first-order valence-electron chi connectivity index (χ1n) is 11.3. The van der Waals surface area contributed by atoms with Gasteiger partial charge in [0.1, 0.15) is 5.75 Å². The number of anilines is 1. The molecule has 1 aromatic carbocycles. The maximum Gasteiger partial charge on any atom is 0.277 e. The van der Waals surface area contributed by atoms with E-state index in [1.807, 2.05) is 13.0 Å². The average molecular weight is 413 g/mol. The summed E-state index contributed by atoms with van der Waals surface area (Å²) < 4.78 is 5.94. The second-order valence-corrected chi connectivity index (χ2v) is 8.50. The molecule has 0 saturated carbocycles. The fourth-order valence-corrected chi connectivity index (χ4v) is 4.13. The van der Waals surface area contributed by atoms with E-state index < -0.39 is 0 Å². The van der Waals surface area contributed by atoms with Gasteiger partial charge >= 0.3 is 0 Å². The van der Waals surface area contributed by atoms with Crippen molar-refractivity contribution in [2.45, 2.75) is 59.4 Å². The first-order valence-corrected chi connectivity index (χ1v) is 11.3. The highest BCUT2D eigenvalue weighted by atomic mass is 16.5. The number of ether oxygens (including phenoxy) is 1. The van der Waals surface area contributed by atoms with Gasteiger partial charge in [-0.05, 0) is 62.8 Å². The zero-order valence-corrected chi connectivity index (χ0v) is 18.7. The third-order valence-electron chi connectivity index (χ3n) is 5.66. The minimum Gasteiger partial charge on any atom is -0.494 e. The Morgan fingerprint density at radius 2 is 2.23 bits per heavy atom. The molecule has 1 aliphatic rings. The van der Waals surface area contributed by atoms with Crippen LogP contribution in [0.4, 0.5) is 5.95 Å². The number of benzene rings is 1. The summed E-state index contributed by atoms with van der Waals surface area (Å²) in [4.78, 5) is 22.0. The fourth-order valence-electron chi connectivity index (χ4n) is 4.13. The highest BCUT2D eigenvalue weighted by Crippen LogP contribution is 2.20. The van der Waals surface area contributed by atoms with Crippen LogP contribution in [0.25, 0.3) is 0 Å². The topological polar surface area (TPSA) is 70.2 Å². The molecule has 2 aromatic rings. The standard InChI is InChI=1S/C24H36N4O2/c1-4-8-22-19(3)26-24(27-23(22)29)25-12-7-14-30-21-11-5-10-20(15-21)17-28-13-6-9-18(2)16-28/h5,10-11,15,18H,4,6-9,12-14,16-17H2,1-3H3,(H2,25,26,27,29). The van der Waals surface area contributed by atoms with Gasteiger partial charge in [-0.1, -0.05) is 32.4 Å². The Bertz CT molecular complexity index is 865. The summed E-state index contributed by atoms with van der Waals surface area (Å²) in [7, 11) is 0. The first-order chi connectivity index (χ1) is 14.5. The second-order valence-electron chi connectivity index (χ2n) is 8.50. The molecule has 164 valence electrons. The van der Waals surface area contributed by atoms with E-state index in [1.165, 1.54) is 31.5 Å². The third kappa shape index (κ3) is 6.59. The zero-order chi connectivity index (χ0) is 21.3. The highest BCUT2D eigenvalue weighted by Gasteiger charge is 2.16. The number of H-pyrrole nitrogens is 1. The van der Waals surface area contributed by atoms with Crippen LogP contribution in [-0.4, -0.2) is 41.1 Å². The number of nitrogens with zero attached hydrogens (tertiary/aromatic N) is 2. The maximum absolute atomic E-state index is 12.1. The van der Waals surface area contributed by atoms with Gasteiger partial charge in [-0.2, -0.15) is 4.98 Å². The Balaban J connectivity index is 1.42. The molecule has 1 aromatic heterocycles. The van der Waals surface area contributed by atoms with Crippen molar-refractivity contribution < 1.29 is 4.74 Å². The van der Waals surface area contributed by atoms with Crippen LogP contribution in [0, 0.1) is 12.8 Å². The van der Waals surface area contributed by atoms with Crippen molar-refractivity contribution in [3.8, 4) is 5.75 Å². The van der Waals surface area contributed by atoms with Gasteiger partial charge in [-0.3, -0.25) is 9.69 Å². The summed E-state index contributed by atoms with van der Waals surface area (Å²) in [6, 6.07) is 8.43. The molecule has 0 radical (unpaired) electrons. The lowest BCUT2D eigenvalue weighted by molar-refractivity contribution is 0.176. The molecule has 1 atom stereocenters. The number of aryl methyl sites for hydroxylation is 1. The first kappa shape index (κ1) is 22.3. The summed E-state index contributed by atoms with van der Waals surface area (Å²) in [5.41, 5.74) is 2.86. The van der Waals surface area contributed by atoms with Gasteiger partial charge in [-0.25, -0.2) is 0 Å². The number of hydrogen-bond acceptors (Lipinski definition) is 5. The van der Waals surface area contributed by atoms with E-state index in [1.54, 1.807) is 0 Å². The largest absolute Gasteiger partial charge is 0.494 e. The van der Waals surface area contributed by atoms with Crippen molar-refractivity contribution >= 4 is 5.95 Å². The van der Waals surface area contributed by atoms with Crippen LogP contribution in [0.3, 0.4) is 0 Å². The quantitative estimate of drug-likeness (QED) is 0.574. The Morgan fingerprint density at radius 3 is 3.00 bits per heavy atom. The SMILES string of the molecule is CCCc1c(C)[nH]c(NCCCOc2cccc(CN3CCCC(C)C3)c2)nc1=O. The van der Waals surface area contributed by atoms with Crippen molar-refractivity contribution in [2.24, 2.45) is 5.92 Å². The van der Waals surface area contributed by atoms with Crippen LogP contribution >= 0.6 is 0 Å². The molecule has 6 heteroatoms. The van der Waals surface area contributed by atoms with Gasteiger partial charge < -0.3 is 15.0 Å². The van der Waals surface area contributed by atoms with Crippen molar-refractivity contribution in [1.82, 2.24) is 14.9 Å². The number of hydrogen-bond donors (Lipinski definition) is 2. The molecular formula is C24H36N4O2. The van der Waals surface area contributed by atoms with E-state index in [0.717, 1.165) is 48.7 Å². The summed E-state index contributed by atoms with van der Waals surface area (Å²) in [6.45, 7) is 11.0. The minimum atomic E-state index is -0.133. The third-order valence-corrected chi connectivity index (χ3v) is 5.66. The zero-order valence-electron chi connectivity index (χ0n) is 18.7. The molecule has 30 heavy (non-hydrogen) atoms. The van der Waals surface area contributed by atoms with Crippen molar-refractivity contribution in [1.29, 1.82) is 0 Å². The van der Waals surface area contributed by atoms with E-state index in [-0.39, 0.29) is 5.56 Å². The molecule has 1 saturated heterocycles. The van der Waals surface area contributed by atoms with E-state index in [2.05, 4.69) is 52.2 Å². The lowest BCUT2D eigenvalue weighted by Crippen LogP contribution is -2.33. The molecular weight excluding hydrogens is 376 g/mol. The van der Waals surface area contributed by atoms with Crippen LogP contribution < -0.4 is 15.6 Å². The predicted molar refractivity (Wildman–Crippen MR) is 122 cm³/mol. The van der Waals surface area contributed by atoms with Gasteiger partial charge in [0.2, 0.25) is 5.95 Å². The van der Waals surface area contributed by atoms with Crippen LogP contribution in [0.1, 0.15) is 56.4 Å². The molecule has 6 nitrogen and oxygen atoms in total. The maximum atomic E-state index is 12.1. The highest BCUT2D eigenvalue weighted by molar-refractivity contribution is 5.30. The van der Waals surface area contributed by atoms with Crippen LogP contribution in [-0.2, 0) is 13.0 Å². The number of rotatable bonds is 10. The Labute approximate surface area is 180 Å². The van der Waals surface area contributed by atoms with Crippen LogP contribution in [0.2, 0.25) is 0 Å². The number of aromatic nitrogens is 2. The van der Waals surface area contributed by atoms with Gasteiger partial charge in [0.25, 0.3) is 5.56 Å². The molecule has 3 rings (SSSR count). The summed E-state index contributed by atoms with van der Waals surface area (Å²) in [5, 5.41) is 3.20. The molecule has 0 aliphatic carbocycles. The van der Waals surface area contributed by atoms with Crippen molar-refractivity contribution in [2.75, 3.05) is 31.6 Å². The average Bonchev–Trinajstić information content (AvgIpc) is 2.71. The molecule has 1 unspecified atom stereocenters. The summed E-state index contributed by atoms with van der Waals surface area (Å²) in [5.74, 6) is 2.25. The fraction of sp³-hybridized carbons (Fsp3) is 0.583. The Kier molecular flexibility index (Phi) is 8.31. The molecule has 1 aliphatic heterocycles. The smallest absolute Gasteiger partial charge is 0.277 e. The van der Waals surface area contributed by atoms with Gasteiger partial charge in [0.05, 0.1) is 6.61 Å².